The molecule has 0 unspecified atom stereocenters. The number of carbonyl (C=O) groups excluding carboxylic acids is 1. The smallest absolute Gasteiger partial charge is 0.381 e. The van der Waals surface area contributed by atoms with E-state index in [-0.39, 0.29) is 22.2 Å². The highest BCUT2D eigenvalue weighted by molar-refractivity contribution is 7.17. The largest absolute Gasteiger partial charge is 0.488 e. The lowest BCUT2D eigenvalue weighted by molar-refractivity contribution is 0.0914. The number of hydrogen-bond donors (Lipinski definition) is 2. The fraction of sp³-hybridized carbons (Fsp3) is 0.389. The molecule has 11 nitrogen and oxygen atoms in total. The number of carbonyl (C=O) groups is 1. The second-order valence-electron chi connectivity index (χ2n) is 6.81. The molecule has 3 heterocycles. The Labute approximate surface area is 175 Å². The number of aromatic nitrogens is 4. The van der Waals surface area contributed by atoms with Gasteiger partial charge in [-0.3, -0.25) is 10.1 Å². The van der Waals surface area contributed by atoms with Crippen molar-refractivity contribution < 1.29 is 18.7 Å². The molecule has 2 N–H and O–H groups in total. The number of nitrogens with one attached hydrogen (secondary N) is 2. The van der Waals surface area contributed by atoms with Gasteiger partial charge in [0, 0.05) is 31.6 Å². The van der Waals surface area contributed by atoms with Crippen LogP contribution >= 0.6 is 11.3 Å². The van der Waals surface area contributed by atoms with Gasteiger partial charge in [0.1, 0.15) is 0 Å². The monoisotopic (exact) mass is 432 g/mol. The Morgan fingerprint density at radius 3 is 2.80 bits per heavy atom. The maximum absolute atomic E-state index is 12.6. The minimum atomic E-state index is -0.764. The highest BCUT2D eigenvalue weighted by Gasteiger charge is 2.43. The zero-order valence-corrected chi connectivity index (χ0v) is 17.4. The highest BCUT2D eigenvalue weighted by atomic mass is 32.1. The van der Waals surface area contributed by atoms with Crippen LogP contribution in [0.15, 0.2) is 27.5 Å². The summed E-state index contributed by atoms with van der Waals surface area (Å²) in [5, 5.41) is 18.6. The minimum absolute atomic E-state index is 0.00851. The number of methoxy groups -OCH3 is 2. The minimum Gasteiger partial charge on any atom is -0.488 e. The summed E-state index contributed by atoms with van der Waals surface area (Å²) in [6.07, 6.45) is 3.48. The Balaban J connectivity index is 1.53. The van der Waals surface area contributed by atoms with Crippen LogP contribution in [0.5, 0.6) is 5.75 Å². The van der Waals surface area contributed by atoms with E-state index in [1.165, 1.54) is 13.2 Å². The first kappa shape index (κ1) is 20.0. The van der Waals surface area contributed by atoms with Crippen molar-refractivity contribution in [3.05, 3.63) is 40.2 Å². The van der Waals surface area contributed by atoms with Gasteiger partial charge in [-0.1, -0.05) is 11.3 Å². The molecule has 30 heavy (non-hydrogen) atoms. The third-order valence-corrected chi connectivity index (χ3v) is 5.64. The lowest BCUT2D eigenvalue weighted by Gasteiger charge is -2.16. The topological polar surface area (TPSA) is 133 Å². The van der Waals surface area contributed by atoms with Crippen LogP contribution in [0.4, 0.5) is 10.8 Å². The van der Waals surface area contributed by atoms with E-state index in [0.29, 0.717) is 17.4 Å². The Hall–Kier alpha value is -3.25. The molecule has 1 saturated carbocycles. The van der Waals surface area contributed by atoms with E-state index in [1.807, 2.05) is 13.0 Å². The van der Waals surface area contributed by atoms with Crippen LogP contribution in [0.25, 0.3) is 5.13 Å². The molecular formula is C18H20N6O5S. The summed E-state index contributed by atoms with van der Waals surface area (Å²) in [5.74, 6) is -0.825. The van der Waals surface area contributed by atoms with Crippen LogP contribution in [0.3, 0.4) is 0 Å². The Morgan fingerprint density at radius 1 is 1.37 bits per heavy atom. The number of nitrogens with zero attached hydrogens (tertiary/aromatic N) is 4. The zero-order valence-electron chi connectivity index (χ0n) is 16.6. The molecule has 1 aliphatic carbocycles. The van der Waals surface area contributed by atoms with E-state index in [4.69, 9.17) is 13.9 Å². The predicted octanol–water partition coefficient (Wildman–Crippen LogP) is 1.84. The molecule has 3 aromatic rings. The van der Waals surface area contributed by atoms with Gasteiger partial charge >= 0.3 is 5.63 Å². The molecule has 0 spiro atoms. The van der Waals surface area contributed by atoms with Gasteiger partial charge in [0.05, 0.1) is 18.4 Å². The fourth-order valence-electron chi connectivity index (χ4n) is 2.85. The van der Waals surface area contributed by atoms with Crippen molar-refractivity contribution in [2.45, 2.75) is 25.4 Å². The third-order valence-electron chi connectivity index (χ3n) is 4.83. The van der Waals surface area contributed by atoms with E-state index in [1.54, 1.807) is 18.0 Å². The van der Waals surface area contributed by atoms with Gasteiger partial charge in [-0.25, -0.2) is 9.48 Å². The molecular weight excluding hydrogens is 412 g/mol. The Morgan fingerprint density at radius 2 is 2.17 bits per heavy atom. The normalized spacial score (nSPS) is 14.4. The molecule has 158 valence electrons. The molecule has 0 atom stereocenters. The number of amides is 1. The van der Waals surface area contributed by atoms with Gasteiger partial charge in [0.15, 0.2) is 5.76 Å². The first-order valence-electron chi connectivity index (χ1n) is 9.12. The van der Waals surface area contributed by atoms with Crippen molar-refractivity contribution in [3.8, 4) is 10.9 Å². The summed E-state index contributed by atoms with van der Waals surface area (Å²) >= 11 is 1.14. The van der Waals surface area contributed by atoms with Gasteiger partial charge in [0.2, 0.25) is 16.0 Å². The van der Waals surface area contributed by atoms with Crippen molar-refractivity contribution in [1.29, 1.82) is 0 Å². The Bertz CT molecular complexity index is 1130. The third kappa shape index (κ3) is 3.91. The summed E-state index contributed by atoms with van der Waals surface area (Å²) in [4.78, 5) is 24.9. The van der Waals surface area contributed by atoms with E-state index < -0.39 is 11.5 Å². The highest BCUT2D eigenvalue weighted by Crippen LogP contribution is 2.39. The zero-order chi connectivity index (χ0) is 21.3. The van der Waals surface area contributed by atoms with Crippen LogP contribution in [0.2, 0.25) is 0 Å². The molecule has 0 saturated heterocycles. The van der Waals surface area contributed by atoms with Crippen molar-refractivity contribution in [1.82, 2.24) is 20.0 Å². The quantitative estimate of drug-likeness (QED) is 0.547. The lowest BCUT2D eigenvalue weighted by atomic mass is 10.2. The molecule has 1 fully saturated rings. The summed E-state index contributed by atoms with van der Waals surface area (Å²) in [6.45, 7) is 2.36. The molecule has 12 heteroatoms. The van der Waals surface area contributed by atoms with Gasteiger partial charge in [-0.2, -0.15) is 5.10 Å². The molecule has 1 amide bonds. The molecule has 4 rings (SSSR count). The summed E-state index contributed by atoms with van der Waals surface area (Å²) in [5.41, 5.74) is 0.217. The van der Waals surface area contributed by atoms with Gasteiger partial charge in [-0.15, -0.1) is 10.2 Å². The average molecular weight is 432 g/mol. The maximum atomic E-state index is 12.6. The number of rotatable bonds is 8. The number of anilines is 2. The van der Waals surface area contributed by atoms with Crippen molar-refractivity contribution in [3.63, 3.8) is 0 Å². The van der Waals surface area contributed by atoms with Gasteiger partial charge in [0.25, 0.3) is 5.91 Å². The van der Waals surface area contributed by atoms with E-state index in [9.17, 15) is 9.59 Å². The first-order chi connectivity index (χ1) is 14.4. The summed E-state index contributed by atoms with van der Waals surface area (Å²) in [6, 6.07) is 3.25. The van der Waals surface area contributed by atoms with E-state index in [0.717, 1.165) is 29.9 Å². The second kappa shape index (κ2) is 7.88. The molecule has 0 bridgehead atoms. The molecule has 0 aromatic carbocycles. The number of aryl methyl sites for hydroxylation is 1. The van der Waals surface area contributed by atoms with Crippen LogP contribution in [0.1, 0.15) is 29.1 Å². The second-order valence-corrected chi connectivity index (χ2v) is 7.77. The van der Waals surface area contributed by atoms with Gasteiger partial charge < -0.3 is 19.2 Å². The van der Waals surface area contributed by atoms with E-state index >= 15 is 0 Å². The standard InChI is InChI=1S/C18H20N6O5S/c1-10-4-7-20-24(10)17-23-22-16(30-17)21-14(25)12-8-11(13(27-2)15(26)29-12)19-9-18(28-3)5-6-18/h4,7-8,19H,5-6,9H2,1-3H3,(H,21,22,25). The van der Waals surface area contributed by atoms with Crippen molar-refractivity contribution >= 4 is 28.1 Å². The lowest BCUT2D eigenvalue weighted by Crippen LogP contribution is -2.25. The number of hydrogen-bond acceptors (Lipinski definition) is 10. The predicted molar refractivity (Wildman–Crippen MR) is 109 cm³/mol. The van der Waals surface area contributed by atoms with Crippen LogP contribution in [-0.2, 0) is 4.74 Å². The Kier molecular flexibility index (Phi) is 5.26. The van der Waals surface area contributed by atoms with Crippen molar-refractivity contribution in [2.24, 2.45) is 0 Å². The number of ether oxygens (including phenoxy) is 2. The summed E-state index contributed by atoms with van der Waals surface area (Å²) in [7, 11) is 3.01. The van der Waals surface area contributed by atoms with Crippen LogP contribution < -0.4 is 21.0 Å². The van der Waals surface area contributed by atoms with Crippen LogP contribution in [0, 0.1) is 6.92 Å². The average Bonchev–Trinajstić information content (AvgIpc) is 3.16. The van der Waals surface area contributed by atoms with Crippen LogP contribution in [-0.4, -0.2) is 52.3 Å². The molecule has 1 aliphatic rings. The molecule has 0 aliphatic heterocycles. The SMILES string of the molecule is COc1c(NCC2(OC)CC2)cc(C(=O)Nc2nnc(-n3nccc3C)s2)oc1=O. The maximum Gasteiger partial charge on any atom is 0.381 e. The first-order valence-corrected chi connectivity index (χ1v) is 9.93. The van der Waals surface area contributed by atoms with Gasteiger partial charge in [-0.05, 0) is 25.8 Å². The molecule has 0 radical (unpaired) electrons. The molecule has 3 aromatic heterocycles. The van der Waals surface area contributed by atoms with E-state index in [2.05, 4.69) is 25.9 Å². The fourth-order valence-corrected chi connectivity index (χ4v) is 3.61. The van der Waals surface area contributed by atoms with Crippen molar-refractivity contribution in [2.75, 3.05) is 31.4 Å². The summed E-state index contributed by atoms with van der Waals surface area (Å²) < 4.78 is 17.3.